The minimum Gasteiger partial charge on any atom is -0.279 e. The van der Waals surface area contributed by atoms with Gasteiger partial charge < -0.3 is 0 Å². The summed E-state index contributed by atoms with van der Waals surface area (Å²) >= 11 is 0. The molecule has 0 radical (unpaired) electrons. The molecule has 1 atom stereocenters. The first-order valence-electron chi connectivity index (χ1n) is 3.03. The first-order chi connectivity index (χ1) is 4.88. The number of hydrogen-bond acceptors (Lipinski definition) is 5. The summed E-state index contributed by atoms with van der Waals surface area (Å²) < 4.78 is 0. The van der Waals surface area contributed by atoms with Gasteiger partial charge in [-0.25, -0.2) is 10.0 Å². The van der Waals surface area contributed by atoms with E-state index in [-0.39, 0.29) is 6.17 Å². The third kappa shape index (κ3) is 0.601. The summed E-state index contributed by atoms with van der Waals surface area (Å²) in [5.41, 5.74) is 2.86. The average molecular weight is 137 g/mol. The quantitative estimate of drug-likeness (QED) is 0.493. The molecule has 0 aliphatic carbocycles. The van der Waals surface area contributed by atoms with E-state index in [1.807, 2.05) is 6.92 Å². The van der Waals surface area contributed by atoms with E-state index in [2.05, 4.69) is 20.6 Å². The molecule has 0 fully saturated rings. The maximum Gasteiger partial charge on any atom is 0.173 e. The smallest absolute Gasteiger partial charge is 0.173 e. The van der Waals surface area contributed by atoms with Crippen LogP contribution >= 0.6 is 0 Å². The first kappa shape index (κ1) is 5.40. The topological polar surface area (TPSA) is 52.4 Å². The Hall–Kier alpha value is -1.39. The van der Waals surface area contributed by atoms with Crippen LogP contribution in [0.1, 0.15) is 6.92 Å². The van der Waals surface area contributed by atoms with Gasteiger partial charge in [-0.05, 0) is 6.92 Å². The standard InChI is InChI=1S/C5H7N5/c1-4-8-9-5-2-6-3-7-10(4)5/h2-3,5,9H,1H3. The molecular weight excluding hydrogens is 130 g/mol. The summed E-state index contributed by atoms with van der Waals surface area (Å²) in [7, 11) is 0. The van der Waals surface area contributed by atoms with Gasteiger partial charge in [0.15, 0.2) is 6.17 Å². The lowest BCUT2D eigenvalue weighted by atomic mass is 10.5. The molecule has 0 aromatic carbocycles. The Bertz CT molecular complexity index is 228. The molecule has 2 rings (SSSR count). The summed E-state index contributed by atoms with van der Waals surface area (Å²) in [4.78, 5) is 3.86. The molecule has 5 heteroatoms. The third-order valence-corrected chi connectivity index (χ3v) is 1.42. The van der Waals surface area contributed by atoms with Crippen LogP contribution in [0.3, 0.4) is 0 Å². The molecule has 2 heterocycles. The highest BCUT2D eigenvalue weighted by Crippen LogP contribution is 2.06. The van der Waals surface area contributed by atoms with Crippen LogP contribution in [0.25, 0.3) is 0 Å². The maximum atomic E-state index is 3.99. The Morgan fingerprint density at radius 2 is 2.60 bits per heavy atom. The minimum atomic E-state index is 0.0324. The second kappa shape index (κ2) is 1.80. The molecule has 2 aliphatic heterocycles. The summed E-state index contributed by atoms with van der Waals surface area (Å²) in [5, 5.41) is 9.73. The van der Waals surface area contributed by atoms with Crippen LogP contribution in [0.15, 0.2) is 15.2 Å². The van der Waals surface area contributed by atoms with Crippen molar-refractivity contribution in [3.63, 3.8) is 0 Å². The highest BCUT2D eigenvalue weighted by Gasteiger charge is 2.23. The molecule has 1 unspecified atom stereocenters. The van der Waals surface area contributed by atoms with Gasteiger partial charge in [0.2, 0.25) is 0 Å². The molecule has 2 aliphatic rings. The van der Waals surface area contributed by atoms with E-state index in [0.717, 1.165) is 5.84 Å². The minimum absolute atomic E-state index is 0.0324. The van der Waals surface area contributed by atoms with Crippen molar-refractivity contribution in [2.45, 2.75) is 13.1 Å². The first-order valence-corrected chi connectivity index (χ1v) is 3.03. The summed E-state index contributed by atoms with van der Waals surface area (Å²) in [6.07, 6.45) is 3.29. The highest BCUT2D eigenvalue weighted by atomic mass is 15.6. The molecule has 1 N–H and O–H groups in total. The predicted octanol–water partition coefficient (Wildman–Crippen LogP) is -0.421. The summed E-state index contributed by atoms with van der Waals surface area (Å²) in [6.45, 7) is 1.89. The second-order valence-electron chi connectivity index (χ2n) is 2.11. The van der Waals surface area contributed by atoms with Crippen molar-refractivity contribution in [1.29, 1.82) is 0 Å². The number of fused-ring (bicyclic) bond motifs is 1. The Morgan fingerprint density at radius 1 is 1.70 bits per heavy atom. The molecular formula is C5H7N5. The van der Waals surface area contributed by atoms with E-state index in [9.17, 15) is 0 Å². The fourth-order valence-electron chi connectivity index (χ4n) is 0.924. The number of hydrogen-bond donors (Lipinski definition) is 1. The Morgan fingerprint density at radius 3 is 3.40 bits per heavy atom. The van der Waals surface area contributed by atoms with E-state index in [4.69, 9.17) is 0 Å². The zero-order valence-electron chi connectivity index (χ0n) is 5.52. The van der Waals surface area contributed by atoms with Crippen LogP contribution in [0.4, 0.5) is 0 Å². The van der Waals surface area contributed by atoms with E-state index in [1.165, 1.54) is 6.34 Å². The molecule has 52 valence electrons. The molecule has 0 amide bonds. The van der Waals surface area contributed by atoms with Crippen molar-refractivity contribution in [3.05, 3.63) is 0 Å². The lowest BCUT2D eigenvalue weighted by molar-refractivity contribution is 0.390. The van der Waals surface area contributed by atoms with Crippen molar-refractivity contribution >= 4 is 18.4 Å². The number of rotatable bonds is 0. The van der Waals surface area contributed by atoms with Gasteiger partial charge in [-0.3, -0.25) is 5.43 Å². The normalized spacial score (nSPS) is 27.9. The van der Waals surface area contributed by atoms with Crippen LogP contribution in [-0.2, 0) is 0 Å². The monoisotopic (exact) mass is 137 g/mol. The number of aliphatic imine (C=N–C) groups is 1. The van der Waals surface area contributed by atoms with Gasteiger partial charge in [0.1, 0.15) is 12.2 Å². The van der Waals surface area contributed by atoms with Crippen LogP contribution in [0.5, 0.6) is 0 Å². The second-order valence-corrected chi connectivity index (χ2v) is 2.11. The molecule has 0 saturated carbocycles. The zero-order valence-corrected chi connectivity index (χ0v) is 5.52. The van der Waals surface area contributed by atoms with Crippen molar-refractivity contribution in [3.8, 4) is 0 Å². The predicted molar refractivity (Wildman–Crippen MR) is 38.9 cm³/mol. The van der Waals surface area contributed by atoms with Crippen molar-refractivity contribution in [1.82, 2.24) is 10.4 Å². The number of hydrazone groups is 2. The van der Waals surface area contributed by atoms with Crippen molar-refractivity contribution in [2.75, 3.05) is 0 Å². The molecule has 10 heavy (non-hydrogen) atoms. The molecule has 5 nitrogen and oxygen atoms in total. The van der Waals surface area contributed by atoms with E-state index in [1.54, 1.807) is 11.2 Å². The fraction of sp³-hybridized carbons (Fsp3) is 0.400. The Balaban J connectivity index is 2.27. The summed E-state index contributed by atoms with van der Waals surface area (Å²) in [6, 6.07) is 0. The van der Waals surface area contributed by atoms with Gasteiger partial charge in [0.05, 0.1) is 6.21 Å². The van der Waals surface area contributed by atoms with Crippen LogP contribution < -0.4 is 5.43 Å². The van der Waals surface area contributed by atoms with Gasteiger partial charge in [-0.1, -0.05) is 0 Å². The third-order valence-electron chi connectivity index (χ3n) is 1.42. The largest absolute Gasteiger partial charge is 0.279 e. The lowest BCUT2D eigenvalue weighted by Crippen LogP contribution is -2.38. The van der Waals surface area contributed by atoms with E-state index in [0.29, 0.717) is 0 Å². The number of amidine groups is 1. The fourth-order valence-corrected chi connectivity index (χ4v) is 0.924. The van der Waals surface area contributed by atoms with Gasteiger partial charge in [0, 0.05) is 0 Å². The maximum absolute atomic E-state index is 3.99. The number of nitrogens with zero attached hydrogens (tertiary/aromatic N) is 4. The van der Waals surface area contributed by atoms with Gasteiger partial charge in [-0.15, -0.1) is 0 Å². The van der Waals surface area contributed by atoms with Gasteiger partial charge >= 0.3 is 0 Å². The highest BCUT2D eigenvalue weighted by molar-refractivity contribution is 5.89. The summed E-state index contributed by atoms with van der Waals surface area (Å²) in [5.74, 6) is 0.868. The molecule has 0 saturated heterocycles. The molecule has 0 spiro atoms. The van der Waals surface area contributed by atoms with Crippen LogP contribution in [0, 0.1) is 0 Å². The average Bonchev–Trinajstić information content (AvgIpc) is 2.34. The molecule has 0 aromatic rings. The van der Waals surface area contributed by atoms with Gasteiger partial charge in [0.25, 0.3) is 0 Å². The SMILES string of the molecule is CC1=NNC2C=NC=NN12. The lowest BCUT2D eigenvalue weighted by Gasteiger charge is -2.18. The van der Waals surface area contributed by atoms with Crippen LogP contribution in [-0.4, -0.2) is 29.6 Å². The molecule has 0 bridgehead atoms. The van der Waals surface area contributed by atoms with E-state index >= 15 is 0 Å². The van der Waals surface area contributed by atoms with E-state index < -0.39 is 0 Å². The Kier molecular flexibility index (Phi) is 0.969. The van der Waals surface area contributed by atoms with Crippen molar-refractivity contribution in [2.24, 2.45) is 15.2 Å². The van der Waals surface area contributed by atoms with Crippen LogP contribution in [0.2, 0.25) is 0 Å². The molecule has 0 aromatic heterocycles. The zero-order chi connectivity index (χ0) is 6.97. The Labute approximate surface area is 58.1 Å². The van der Waals surface area contributed by atoms with Gasteiger partial charge in [-0.2, -0.15) is 10.2 Å². The van der Waals surface area contributed by atoms with Crippen molar-refractivity contribution < 1.29 is 0 Å². The number of nitrogens with one attached hydrogen (secondary N) is 1.